The molecule has 3 rings (SSSR count). The van der Waals surface area contributed by atoms with E-state index in [1.807, 2.05) is 50.2 Å². The van der Waals surface area contributed by atoms with Crippen molar-refractivity contribution in [2.75, 3.05) is 7.05 Å². The predicted molar refractivity (Wildman–Crippen MR) is 125 cm³/mol. The topological polar surface area (TPSA) is 41.1 Å². The van der Waals surface area contributed by atoms with Gasteiger partial charge >= 0.3 is 6.18 Å². The van der Waals surface area contributed by atoms with Crippen molar-refractivity contribution in [2.45, 2.75) is 44.9 Å². The van der Waals surface area contributed by atoms with Crippen molar-refractivity contribution in [1.82, 2.24) is 10.6 Å². The van der Waals surface area contributed by atoms with Gasteiger partial charge in [0.25, 0.3) is 0 Å². The van der Waals surface area contributed by atoms with Crippen LogP contribution in [-0.4, -0.2) is 13.0 Å². The van der Waals surface area contributed by atoms with Gasteiger partial charge in [-0.1, -0.05) is 60.7 Å². The van der Waals surface area contributed by atoms with E-state index in [0.29, 0.717) is 12.8 Å². The average Bonchev–Trinajstić information content (AvgIpc) is 2.81. The van der Waals surface area contributed by atoms with Crippen LogP contribution in [0, 0.1) is 13.8 Å². The molecule has 0 bridgehead atoms. The monoisotopic (exact) mass is 454 g/mol. The number of carbonyl (C=O) groups excluding carboxylic acids is 1. The third-order valence-corrected chi connectivity index (χ3v) is 5.95. The molecule has 0 radical (unpaired) electrons. The van der Waals surface area contributed by atoms with Crippen LogP contribution in [-0.2, 0) is 17.4 Å². The molecule has 0 aliphatic rings. The SMILES string of the molecule is CNC(=O)C(NC(CCc1ccc(C(F)(F)F)cc1)c1ccc(C)c(C)c1)c1ccccc1. The lowest BCUT2D eigenvalue weighted by Gasteiger charge is -2.26. The molecule has 0 aromatic heterocycles. The molecule has 0 saturated heterocycles. The molecule has 2 unspecified atom stereocenters. The van der Waals surface area contributed by atoms with Crippen LogP contribution in [0.4, 0.5) is 13.2 Å². The van der Waals surface area contributed by atoms with E-state index in [0.717, 1.165) is 34.4 Å². The van der Waals surface area contributed by atoms with E-state index >= 15 is 0 Å². The predicted octanol–water partition coefficient (Wildman–Crippen LogP) is 6.07. The molecule has 0 spiro atoms. The van der Waals surface area contributed by atoms with Gasteiger partial charge in [-0.15, -0.1) is 0 Å². The van der Waals surface area contributed by atoms with Crippen molar-refractivity contribution in [3.8, 4) is 0 Å². The molecule has 3 aromatic carbocycles. The number of benzene rings is 3. The van der Waals surface area contributed by atoms with Gasteiger partial charge in [-0.3, -0.25) is 10.1 Å². The summed E-state index contributed by atoms with van der Waals surface area (Å²) >= 11 is 0. The zero-order valence-electron chi connectivity index (χ0n) is 19.0. The highest BCUT2D eigenvalue weighted by molar-refractivity contribution is 5.83. The Labute approximate surface area is 193 Å². The summed E-state index contributed by atoms with van der Waals surface area (Å²) in [6, 6.07) is 20.2. The minimum Gasteiger partial charge on any atom is -0.358 e. The van der Waals surface area contributed by atoms with Gasteiger partial charge in [-0.2, -0.15) is 13.2 Å². The molecular formula is C27H29F3N2O. The van der Waals surface area contributed by atoms with Gasteiger partial charge in [0.15, 0.2) is 0 Å². The van der Waals surface area contributed by atoms with E-state index in [1.165, 1.54) is 17.7 Å². The lowest BCUT2D eigenvalue weighted by Crippen LogP contribution is -2.38. The summed E-state index contributed by atoms with van der Waals surface area (Å²) in [7, 11) is 1.60. The Morgan fingerprint density at radius 2 is 1.55 bits per heavy atom. The maximum atomic E-state index is 12.9. The Kier molecular flexibility index (Phi) is 7.92. The van der Waals surface area contributed by atoms with Gasteiger partial charge in [0, 0.05) is 13.1 Å². The molecule has 2 atom stereocenters. The second-order valence-corrected chi connectivity index (χ2v) is 8.25. The van der Waals surface area contributed by atoms with E-state index in [-0.39, 0.29) is 11.9 Å². The van der Waals surface area contributed by atoms with Gasteiger partial charge in [0.1, 0.15) is 6.04 Å². The molecule has 3 nitrogen and oxygen atoms in total. The third-order valence-electron chi connectivity index (χ3n) is 5.95. The van der Waals surface area contributed by atoms with E-state index in [9.17, 15) is 18.0 Å². The summed E-state index contributed by atoms with van der Waals surface area (Å²) < 4.78 is 38.7. The first-order valence-electron chi connectivity index (χ1n) is 10.9. The van der Waals surface area contributed by atoms with Crippen molar-refractivity contribution >= 4 is 5.91 Å². The summed E-state index contributed by atoms with van der Waals surface area (Å²) in [5, 5.41) is 6.22. The third kappa shape index (κ3) is 6.45. The Bertz CT molecular complexity index is 1060. The first-order chi connectivity index (χ1) is 15.7. The standard InChI is InChI=1S/C27H29F3N2O/c1-18-9-13-22(17-19(18)2)24(16-12-20-10-14-23(15-11-20)27(28,29)30)32-25(26(33)31-3)21-7-5-4-6-8-21/h4-11,13-15,17,24-25,32H,12,16H2,1-3H3,(H,31,33). The van der Waals surface area contributed by atoms with E-state index in [1.54, 1.807) is 7.05 Å². The Hall–Kier alpha value is -3.12. The van der Waals surface area contributed by atoms with E-state index in [4.69, 9.17) is 0 Å². The molecule has 2 N–H and O–H groups in total. The van der Waals surface area contributed by atoms with Crippen LogP contribution in [0.2, 0.25) is 0 Å². The minimum absolute atomic E-state index is 0.149. The van der Waals surface area contributed by atoms with Crippen molar-refractivity contribution in [3.05, 3.63) is 106 Å². The Morgan fingerprint density at radius 1 is 0.879 bits per heavy atom. The number of hydrogen-bond donors (Lipinski definition) is 2. The number of likely N-dealkylation sites (N-methyl/N-ethyl adjacent to an activating group) is 1. The van der Waals surface area contributed by atoms with Gasteiger partial charge < -0.3 is 5.32 Å². The van der Waals surface area contributed by atoms with E-state index in [2.05, 4.69) is 22.8 Å². The summed E-state index contributed by atoms with van der Waals surface area (Å²) in [5.74, 6) is -0.149. The summed E-state index contributed by atoms with van der Waals surface area (Å²) in [4.78, 5) is 12.7. The second-order valence-electron chi connectivity index (χ2n) is 8.25. The van der Waals surface area contributed by atoms with Crippen LogP contribution in [0.15, 0.2) is 72.8 Å². The lowest BCUT2D eigenvalue weighted by atomic mass is 9.94. The highest BCUT2D eigenvalue weighted by Crippen LogP contribution is 2.30. The molecule has 0 heterocycles. The molecule has 0 fully saturated rings. The summed E-state index contributed by atoms with van der Waals surface area (Å²) in [6.07, 6.45) is -3.16. The summed E-state index contributed by atoms with van der Waals surface area (Å²) in [5.41, 5.74) is 4.36. The number of alkyl halides is 3. The molecule has 33 heavy (non-hydrogen) atoms. The fraction of sp³-hybridized carbons (Fsp3) is 0.296. The Balaban J connectivity index is 1.87. The molecule has 174 valence electrons. The first-order valence-corrected chi connectivity index (χ1v) is 10.9. The van der Waals surface area contributed by atoms with Crippen LogP contribution in [0.25, 0.3) is 0 Å². The Morgan fingerprint density at radius 3 is 2.12 bits per heavy atom. The van der Waals surface area contributed by atoms with Crippen LogP contribution in [0.3, 0.4) is 0 Å². The highest BCUT2D eigenvalue weighted by atomic mass is 19.4. The maximum absolute atomic E-state index is 12.9. The lowest BCUT2D eigenvalue weighted by molar-refractivity contribution is -0.137. The van der Waals surface area contributed by atoms with Crippen molar-refractivity contribution in [2.24, 2.45) is 0 Å². The number of amides is 1. The molecule has 1 amide bonds. The van der Waals surface area contributed by atoms with Gasteiger partial charge in [0.05, 0.1) is 5.56 Å². The van der Waals surface area contributed by atoms with Gasteiger partial charge in [0.2, 0.25) is 5.91 Å². The number of hydrogen-bond acceptors (Lipinski definition) is 2. The van der Waals surface area contributed by atoms with Crippen LogP contribution in [0.5, 0.6) is 0 Å². The fourth-order valence-electron chi connectivity index (χ4n) is 3.81. The zero-order chi connectivity index (χ0) is 24.0. The average molecular weight is 455 g/mol. The highest BCUT2D eigenvalue weighted by Gasteiger charge is 2.30. The van der Waals surface area contributed by atoms with Crippen LogP contribution < -0.4 is 10.6 Å². The zero-order valence-corrected chi connectivity index (χ0v) is 19.0. The van der Waals surface area contributed by atoms with Crippen LogP contribution >= 0.6 is 0 Å². The quantitative estimate of drug-likeness (QED) is 0.434. The maximum Gasteiger partial charge on any atom is 0.416 e. The van der Waals surface area contributed by atoms with Crippen molar-refractivity contribution < 1.29 is 18.0 Å². The number of carbonyl (C=O) groups is 1. The van der Waals surface area contributed by atoms with Crippen LogP contribution in [0.1, 0.15) is 51.9 Å². The molecule has 0 aliphatic carbocycles. The largest absolute Gasteiger partial charge is 0.416 e. The van der Waals surface area contributed by atoms with E-state index < -0.39 is 17.8 Å². The first kappa shape index (κ1) is 24.5. The van der Waals surface area contributed by atoms with Crippen molar-refractivity contribution in [3.63, 3.8) is 0 Å². The van der Waals surface area contributed by atoms with Gasteiger partial charge in [-0.25, -0.2) is 0 Å². The molecular weight excluding hydrogens is 425 g/mol. The molecule has 3 aromatic rings. The molecule has 0 aliphatic heterocycles. The number of aryl methyl sites for hydroxylation is 3. The minimum atomic E-state index is -4.35. The molecule has 0 saturated carbocycles. The fourth-order valence-corrected chi connectivity index (χ4v) is 3.81. The smallest absolute Gasteiger partial charge is 0.358 e. The van der Waals surface area contributed by atoms with Crippen molar-refractivity contribution in [1.29, 1.82) is 0 Å². The second kappa shape index (κ2) is 10.7. The van der Waals surface area contributed by atoms with Gasteiger partial charge in [-0.05, 0) is 66.6 Å². The number of rotatable bonds is 8. The summed E-state index contributed by atoms with van der Waals surface area (Å²) in [6.45, 7) is 4.08. The molecule has 6 heteroatoms. The normalized spacial score (nSPS) is 13.4. The number of halogens is 3. The number of nitrogens with one attached hydrogen (secondary N) is 2.